The van der Waals surface area contributed by atoms with E-state index in [1.54, 1.807) is 29.3 Å². The van der Waals surface area contributed by atoms with Crippen molar-refractivity contribution in [1.82, 2.24) is 19.9 Å². The molecule has 1 amide bonds. The van der Waals surface area contributed by atoms with Crippen molar-refractivity contribution in [2.24, 2.45) is 11.7 Å². The van der Waals surface area contributed by atoms with Crippen LogP contribution in [0.1, 0.15) is 42.5 Å². The van der Waals surface area contributed by atoms with Gasteiger partial charge < -0.3 is 11.1 Å². The second-order valence-electron chi connectivity index (χ2n) is 5.68. The summed E-state index contributed by atoms with van der Waals surface area (Å²) in [6.07, 6.45) is 12.7. The molecule has 1 aliphatic rings. The zero-order valence-electron chi connectivity index (χ0n) is 12.0. The minimum absolute atomic E-state index is 0.0458. The zero-order chi connectivity index (χ0) is 14.7. The standard InChI is InChI=1S/C15H21N5O/c16-8-13(11-4-2-1-3-5-11)19-15(21)12-9-18-20-7-6-17-10-14(12)20/h6-7,9-11,13H,1-5,8,16H2,(H,19,21). The lowest BCUT2D eigenvalue weighted by Crippen LogP contribution is -2.45. The summed E-state index contributed by atoms with van der Waals surface area (Å²) in [5.41, 5.74) is 7.14. The number of fused-ring (bicyclic) bond motifs is 1. The molecule has 1 unspecified atom stereocenters. The average molecular weight is 287 g/mol. The number of hydrogen-bond acceptors (Lipinski definition) is 4. The molecule has 1 saturated carbocycles. The number of nitrogens with two attached hydrogens (primary N) is 1. The van der Waals surface area contributed by atoms with Gasteiger partial charge in [0, 0.05) is 25.0 Å². The Morgan fingerprint density at radius 1 is 1.38 bits per heavy atom. The van der Waals surface area contributed by atoms with Gasteiger partial charge in [0.15, 0.2) is 0 Å². The van der Waals surface area contributed by atoms with E-state index in [1.165, 1.54) is 19.3 Å². The maximum Gasteiger partial charge on any atom is 0.255 e. The van der Waals surface area contributed by atoms with Crippen LogP contribution in [0.5, 0.6) is 0 Å². The molecule has 1 aliphatic carbocycles. The lowest BCUT2D eigenvalue weighted by atomic mass is 9.84. The Labute approximate surface area is 123 Å². The molecule has 6 nitrogen and oxygen atoms in total. The minimum atomic E-state index is -0.112. The van der Waals surface area contributed by atoms with Crippen LogP contribution in [-0.2, 0) is 0 Å². The van der Waals surface area contributed by atoms with Crippen LogP contribution in [0.2, 0.25) is 0 Å². The SMILES string of the molecule is NCC(NC(=O)c1cnn2ccncc12)C1CCCCC1. The van der Waals surface area contributed by atoms with E-state index in [0.717, 1.165) is 18.4 Å². The largest absolute Gasteiger partial charge is 0.348 e. The molecule has 21 heavy (non-hydrogen) atoms. The van der Waals surface area contributed by atoms with Gasteiger partial charge in [0.05, 0.1) is 23.5 Å². The number of hydrogen-bond donors (Lipinski definition) is 2. The van der Waals surface area contributed by atoms with Crippen LogP contribution >= 0.6 is 0 Å². The first kappa shape index (κ1) is 14.0. The molecule has 0 radical (unpaired) electrons. The molecule has 2 aromatic rings. The van der Waals surface area contributed by atoms with E-state index in [9.17, 15) is 4.79 Å². The Morgan fingerprint density at radius 2 is 2.19 bits per heavy atom. The first-order chi connectivity index (χ1) is 10.3. The van der Waals surface area contributed by atoms with E-state index >= 15 is 0 Å². The molecule has 112 valence electrons. The third kappa shape index (κ3) is 2.90. The van der Waals surface area contributed by atoms with Crippen LogP contribution in [0, 0.1) is 5.92 Å². The number of carbonyl (C=O) groups excluding carboxylic acids is 1. The first-order valence-electron chi connectivity index (χ1n) is 7.58. The second-order valence-corrected chi connectivity index (χ2v) is 5.68. The van der Waals surface area contributed by atoms with Crippen LogP contribution in [0.15, 0.2) is 24.8 Å². The Hall–Kier alpha value is -1.95. The van der Waals surface area contributed by atoms with Gasteiger partial charge in [-0.2, -0.15) is 5.10 Å². The maximum atomic E-state index is 12.5. The molecule has 2 aromatic heterocycles. The van der Waals surface area contributed by atoms with Crippen molar-refractivity contribution in [1.29, 1.82) is 0 Å². The van der Waals surface area contributed by atoms with Crippen molar-refractivity contribution in [2.45, 2.75) is 38.1 Å². The fraction of sp³-hybridized carbons (Fsp3) is 0.533. The Balaban J connectivity index is 1.75. The highest BCUT2D eigenvalue weighted by molar-refractivity contribution is 6.00. The van der Waals surface area contributed by atoms with Gasteiger partial charge in [0.25, 0.3) is 5.91 Å². The van der Waals surface area contributed by atoms with Crippen LogP contribution in [-0.4, -0.2) is 33.1 Å². The molecule has 0 aliphatic heterocycles. The van der Waals surface area contributed by atoms with Crippen molar-refractivity contribution in [2.75, 3.05) is 6.54 Å². The van der Waals surface area contributed by atoms with Crippen molar-refractivity contribution in [3.8, 4) is 0 Å². The van der Waals surface area contributed by atoms with Gasteiger partial charge in [-0.15, -0.1) is 0 Å². The quantitative estimate of drug-likeness (QED) is 0.889. The summed E-state index contributed by atoms with van der Waals surface area (Å²) in [5.74, 6) is 0.381. The topological polar surface area (TPSA) is 85.3 Å². The Bertz CT molecular complexity index is 617. The van der Waals surface area contributed by atoms with E-state index < -0.39 is 0 Å². The van der Waals surface area contributed by atoms with Crippen LogP contribution < -0.4 is 11.1 Å². The predicted octanol–water partition coefficient (Wildman–Crippen LogP) is 1.37. The van der Waals surface area contributed by atoms with Gasteiger partial charge in [0.2, 0.25) is 0 Å². The lowest BCUT2D eigenvalue weighted by molar-refractivity contribution is 0.0917. The van der Waals surface area contributed by atoms with Crippen molar-refractivity contribution in [3.63, 3.8) is 0 Å². The maximum absolute atomic E-state index is 12.5. The average Bonchev–Trinajstić information content (AvgIpc) is 2.97. The number of amides is 1. The molecule has 3 rings (SSSR count). The number of aromatic nitrogens is 3. The lowest BCUT2D eigenvalue weighted by Gasteiger charge is -2.29. The van der Waals surface area contributed by atoms with Crippen LogP contribution in [0.4, 0.5) is 0 Å². The van der Waals surface area contributed by atoms with E-state index in [-0.39, 0.29) is 11.9 Å². The zero-order valence-corrected chi connectivity index (χ0v) is 12.0. The van der Waals surface area contributed by atoms with E-state index in [4.69, 9.17) is 5.73 Å². The van der Waals surface area contributed by atoms with Gasteiger partial charge in [-0.05, 0) is 18.8 Å². The van der Waals surface area contributed by atoms with Gasteiger partial charge >= 0.3 is 0 Å². The predicted molar refractivity (Wildman–Crippen MR) is 79.9 cm³/mol. The molecule has 0 spiro atoms. The van der Waals surface area contributed by atoms with Gasteiger partial charge in [-0.1, -0.05) is 19.3 Å². The highest BCUT2D eigenvalue weighted by atomic mass is 16.1. The molecular formula is C15H21N5O. The molecule has 6 heteroatoms. The molecule has 3 N–H and O–H groups in total. The van der Waals surface area contributed by atoms with Crippen molar-refractivity contribution in [3.05, 3.63) is 30.4 Å². The molecule has 0 saturated heterocycles. The van der Waals surface area contributed by atoms with Gasteiger partial charge in [-0.25, -0.2) is 4.52 Å². The van der Waals surface area contributed by atoms with Crippen LogP contribution in [0.25, 0.3) is 5.52 Å². The van der Waals surface area contributed by atoms with Crippen molar-refractivity contribution < 1.29 is 4.79 Å². The molecule has 1 fully saturated rings. The Kier molecular flexibility index (Phi) is 4.15. The molecule has 0 bridgehead atoms. The van der Waals surface area contributed by atoms with Crippen molar-refractivity contribution >= 4 is 11.4 Å². The number of carbonyl (C=O) groups is 1. The normalized spacial score (nSPS) is 17.8. The van der Waals surface area contributed by atoms with E-state index in [0.29, 0.717) is 18.0 Å². The van der Waals surface area contributed by atoms with Crippen LogP contribution in [0.3, 0.4) is 0 Å². The second kappa shape index (κ2) is 6.22. The highest BCUT2D eigenvalue weighted by Crippen LogP contribution is 2.26. The van der Waals surface area contributed by atoms with E-state index in [1.807, 2.05) is 0 Å². The summed E-state index contributed by atoms with van der Waals surface area (Å²) in [6, 6.07) is 0.0458. The fourth-order valence-corrected chi connectivity index (χ4v) is 3.16. The monoisotopic (exact) mass is 287 g/mol. The summed E-state index contributed by atoms with van der Waals surface area (Å²) in [4.78, 5) is 16.5. The number of nitrogens with zero attached hydrogens (tertiary/aromatic N) is 3. The highest BCUT2D eigenvalue weighted by Gasteiger charge is 2.25. The van der Waals surface area contributed by atoms with E-state index in [2.05, 4.69) is 15.4 Å². The molecule has 2 heterocycles. The van der Waals surface area contributed by atoms with Gasteiger partial charge in [0.1, 0.15) is 0 Å². The third-order valence-corrected chi connectivity index (χ3v) is 4.36. The fourth-order valence-electron chi connectivity index (χ4n) is 3.16. The minimum Gasteiger partial charge on any atom is -0.348 e. The summed E-state index contributed by atoms with van der Waals surface area (Å²) >= 11 is 0. The molecule has 0 aromatic carbocycles. The molecular weight excluding hydrogens is 266 g/mol. The first-order valence-corrected chi connectivity index (χ1v) is 7.58. The molecule has 1 atom stereocenters. The smallest absolute Gasteiger partial charge is 0.255 e. The number of rotatable bonds is 4. The van der Waals surface area contributed by atoms with Gasteiger partial charge in [-0.3, -0.25) is 9.78 Å². The summed E-state index contributed by atoms with van der Waals surface area (Å²) in [6.45, 7) is 0.480. The summed E-state index contributed by atoms with van der Waals surface area (Å²) < 4.78 is 1.65. The summed E-state index contributed by atoms with van der Waals surface area (Å²) in [5, 5.41) is 7.26. The number of nitrogens with one attached hydrogen (secondary N) is 1. The third-order valence-electron chi connectivity index (χ3n) is 4.36. The Morgan fingerprint density at radius 3 is 2.95 bits per heavy atom. The summed E-state index contributed by atoms with van der Waals surface area (Å²) in [7, 11) is 0.